The van der Waals surface area contributed by atoms with E-state index < -0.39 is 0 Å². The van der Waals surface area contributed by atoms with E-state index in [1.807, 2.05) is 0 Å². The second-order valence-electron chi connectivity index (χ2n) is 5.88. The molecular formula is C16H26N2O. The Morgan fingerprint density at radius 2 is 2.26 bits per heavy atom. The summed E-state index contributed by atoms with van der Waals surface area (Å²) in [6.07, 6.45) is 2.09. The largest absolute Gasteiger partial charge is 0.396 e. The topological polar surface area (TPSA) is 49.5 Å². The van der Waals surface area contributed by atoms with Gasteiger partial charge in [0.1, 0.15) is 0 Å². The molecule has 1 aliphatic rings. The van der Waals surface area contributed by atoms with Gasteiger partial charge < -0.3 is 10.8 Å². The van der Waals surface area contributed by atoms with E-state index in [2.05, 4.69) is 43.0 Å². The molecule has 0 spiro atoms. The predicted molar refractivity (Wildman–Crippen MR) is 79.0 cm³/mol. The molecular weight excluding hydrogens is 236 g/mol. The van der Waals surface area contributed by atoms with Crippen LogP contribution in [-0.4, -0.2) is 35.7 Å². The predicted octanol–water partition coefficient (Wildman–Crippen LogP) is 2.09. The highest BCUT2D eigenvalue weighted by Gasteiger charge is 2.30. The lowest BCUT2D eigenvalue weighted by Gasteiger charge is -2.31. The van der Waals surface area contributed by atoms with Crippen LogP contribution in [0.5, 0.6) is 0 Å². The number of nitrogens with zero attached hydrogens (tertiary/aromatic N) is 1. The van der Waals surface area contributed by atoms with Gasteiger partial charge in [-0.3, -0.25) is 4.90 Å². The van der Waals surface area contributed by atoms with Gasteiger partial charge in [-0.2, -0.15) is 0 Å². The van der Waals surface area contributed by atoms with E-state index in [1.54, 1.807) is 0 Å². The van der Waals surface area contributed by atoms with Gasteiger partial charge in [-0.05, 0) is 44.7 Å². The fourth-order valence-electron chi connectivity index (χ4n) is 3.23. The van der Waals surface area contributed by atoms with Crippen LogP contribution < -0.4 is 5.73 Å². The number of aliphatic hydroxyl groups is 1. The zero-order valence-corrected chi connectivity index (χ0v) is 12.0. The first-order chi connectivity index (χ1) is 9.11. The molecule has 3 atom stereocenters. The van der Waals surface area contributed by atoms with E-state index in [9.17, 15) is 0 Å². The highest BCUT2D eigenvalue weighted by atomic mass is 16.3. The van der Waals surface area contributed by atoms with Gasteiger partial charge in [0.15, 0.2) is 0 Å². The number of rotatable bonds is 5. The Morgan fingerprint density at radius 1 is 1.47 bits per heavy atom. The molecule has 0 aromatic heterocycles. The summed E-state index contributed by atoms with van der Waals surface area (Å²) < 4.78 is 0. The fraction of sp³-hybridized carbons (Fsp3) is 0.625. The van der Waals surface area contributed by atoms with Crippen LogP contribution in [0.4, 0.5) is 0 Å². The zero-order chi connectivity index (χ0) is 13.8. The molecule has 106 valence electrons. The Balaban J connectivity index is 2.13. The van der Waals surface area contributed by atoms with E-state index >= 15 is 0 Å². The highest BCUT2D eigenvalue weighted by molar-refractivity contribution is 5.26. The Kier molecular flexibility index (Phi) is 4.97. The summed E-state index contributed by atoms with van der Waals surface area (Å²) in [4.78, 5) is 2.49. The molecule has 3 N–H and O–H groups in total. The van der Waals surface area contributed by atoms with Gasteiger partial charge in [0.05, 0.1) is 0 Å². The third kappa shape index (κ3) is 3.56. The molecule has 0 amide bonds. The van der Waals surface area contributed by atoms with Crippen LogP contribution in [0.1, 0.15) is 36.9 Å². The fourth-order valence-corrected chi connectivity index (χ4v) is 3.23. The van der Waals surface area contributed by atoms with Crippen molar-refractivity contribution in [1.29, 1.82) is 0 Å². The van der Waals surface area contributed by atoms with Gasteiger partial charge in [0.2, 0.25) is 0 Å². The quantitative estimate of drug-likeness (QED) is 0.854. The van der Waals surface area contributed by atoms with Crippen molar-refractivity contribution in [3.05, 3.63) is 35.4 Å². The lowest BCUT2D eigenvalue weighted by molar-refractivity contribution is 0.201. The zero-order valence-electron chi connectivity index (χ0n) is 12.0. The van der Waals surface area contributed by atoms with Crippen LogP contribution in [0.15, 0.2) is 24.3 Å². The molecule has 1 aliphatic heterocycles. The minimum atomic E-state index is 0.120. The maximum absolute atomic E-state index is 9.07. The van der Waals surface area contributed by atoms with E-state index in [1.165, 1.54) is 17.5 Å². The standard InChI is InChI=1S/C16H26N2O/c1-12-4-3-5-15(10-12)16(13(2)17)18-8-6-14(11-18)7-9-19/h3-5,10,13-14,16,19H,6-9,11,17H2,1-2H3. The van der Waals surface area contributed by atoms with E-state index in [0.717, 1.165) is 19.5 Å². The molecule has 1 aromatic carbocycles. The second-order valence-corrected chi connectivity index (χ2v) is 5.88. The van der Waals surface area contributed by atoms with Crippen molar-refractivity contribution in [2.24, 2.45) is 11.7 Å². The lowest BCUT2D eigenvalue weighted by Crippen LogP contribution is -2.38. The summed E-state index contributed by atoms with van der Waals surface area (Å²) in [6.45, 7) is 6.66. The molecule has 3 unspecified atom stereocenters. The third-order valence-electron chi connectivity index (χ3n) is 4.13. The number of aryl methyl sites for hydroxylation is 1. The average molecular weight is 262 g/mol. The van der Waals surface area contributed by atoms with Crippen molar-refractivity contribution < 1.29 is 5.11 Å². The molecule has 1 aromatic rings. The van der Waals surface area contributed by atoms with Gasteiger partial charge in [-0.1, -0.05) is 29.8 Å². The molecule has 19 heavy (non-hydrogen) atoms. The molecule has 3 nitrogen and oxygen atoms in total. The molecule has 3 heteroatoms. The number of hydrogen-bond donors (Lipinski definition) is 2. The van der Waals surface area contributed by atoms with Gasteiger partial charge in [0, 0.05) is 25.2 Å². The molecule has 1 heterocycles. The second kappa shape index (κ2) is 6.51. The Labute approximate surface area is 116 Å². The van der Waals surface area contributed by atoms with Crippen LogP contribution in [0, 0.1) is 12.8 Å². The summed E-state index contributed by atoms with van der Waals surface area (Å²) in [7, 11) is 0. The Bertz CT molecular complexity index is 405. The van der Waals surface area contributed by atoms with Gasteiger partial charge in [-0.25, -0.2) is 0 Å². The molecule has 1 saturated heterocycles. The highest BCUT2D eigenvalue weighted by Crippen LogP contribution is 2.31. The first-order valence-electron chi connectivity index (χ1n) is 7.29. The summed E-state index contributed by atoms with van der Waals surface area (Å²) in [5.41, 5.74) is 8.83. The van der Waals surface area contributed by atoms with Crippen LogP contribution in [-0.2, 0) is 0 Å². The van der Waals surface area contributed by atoms with E-state index in [0.29, 0.717) is 18.6 Å². The molecule has 1 fully saturated rings. The number of likely N-dealkylation sites (tertiary alicyclic amines) is 1. The lowest BCUT2D eigenvalue weighted by atomic mass is 9.98. The summed E-state index contributed by atoms with van der Waals surface area (Å²) in [5, 5.41) is 9.07. The Morgan fingerprint density at radius 3 is 2.89 bits per heavy atom. The van der Waals surface area contributed by atoms with Crippen molar-refractivity contribution in [3.63, 3.8) is 0 Å². The van der Waals surface area contributed by atoms with Crippen molar-refractivity contribution >= 4 is 0 Å². The van der Waals surface area contributed by atoms with Crippen molar-refractivity contribution in [2.75, 3.05) is 19.7 Å². The van der Waals surface area contributed by atoms with E-state index in [4.69, 9.17) is 10.8 Å². The van der Waals surface area contributed by atoms with Gasteiger partial charge >= 0.3 is 0 Å². The summed E-state index contributed by atoms with van der Waals surface area (Å²) >= 11 is 0. The van der Waals surface area contributed by atoms with Crippen LogP contribution in [0.3, 0.4) is 0 Å². The van der Waals surface area contributed by atoms with Gasteiger partial charge in [-0.15, -0.1) is 0 Å². The summed E-state index contributed by atoms with van der Waals surface area (Å²) in [6, 6.07) is 9.08. The maximum Gasteiger partial charge on any atom is 0.0496 e. The van der Waals surface area contributed by atoms with Crippen LogP contribution >= 0.6 is 0 Å². The normalized spacial score (nSPS) is 23.5. The van der Waals surface area contributed by atoms with Crippen LogP contribution in [0.2, 0.25) is 0 Å². The smallest absolute Gasteiger partial charge is 0.0496 e. The monoisotopic (exact) mass is 262 g/mol. The summed E-state index contributed by atoms with van der Waals surface area (Å²) in [5.74, 6) is 0.621. The van der Waals surface area contributed by atoms with Crippen molar-refractivity contribution in [3.8, 4) is 0 Å². The number of nitrogens with two attached hydrogens (primary N) is 1. The van der Waals surface area contributed by atoms with E-state index in [-0.39, 0.29) is 6.04 Å². The molecule has 0 radical (unpaired) electrons. The average Bonchev–Trinajstić information content (AvgIpc) is 2.78. The molecule has 2 rings (SSSR count). The SMILES string of the molecule is Cc1cccc(C(C(C)N)N2CCC(CCO)C2)c1. The van der Waals surface area contributed by atoms with Gasteiger partial charge in [0.25, 0.3) is 0 Å². The number of benzene rings is 1. The first-order valence-corrected chi connectivity index (χ1v) is 7.29. The first kappa shape index (κ1) is 14.5. The van der Waals surface area contributed by atoms with Crippen molar-refractivity contribution in [1.82, 2.24) is 4.90 Å². The molecule has 0 saturated carbocycles. The van der Waals surface area contributed by atoms with Crippen molar-refractivity contribution in [2.45, 2.75) is 38.8 Å². The van der Waals surface area contributed by atoms with Crippen LogP contribution in [0.25, 0.3) is 0 Å². The minimum Gasteiger partial charge on any atom is -0.396 e. The molecule has 0 aliphatic carbocycles. The Hall–Kier alpha value is -0.900. The molecule has 0 bridgehead atoms. The third-order valence-corrected chi connectivity index (χ3v) is 4.13. The number of hydrogen-bond acceptors (Lipinski definition) is 3. The minimum absolute atomic E-state index is 0.120. The maximum atomic E-state index is 9.07. The number of aliphatic hydroxyl groups excluding tert-OH is 1.